The summed E-state index contributed by atoms with van der Waals surface area (Å²) in [5.74, 6) is 1.31. The van der Waals surface area contributed by atoms with Crippen LogP contribution in [0.4, 0.5) is 0 Å². The van der Waals surface area contributed by atoms with Gasteiger partial charge in [0.25, 0.3) is 0 Å². The van der Waals surface area contributed by atoms with Crippen molar-refractivity contribution in [1.82, 2.24) is 0 Å². The van der Waals surface area contributed by atoms with Crippen LogP contribution in [0.2, 0.25) is 5.02 Å². The number of hydrogen-bond acceptors (Lipinski definition) is 3. The monoisotopic (exact) mass is 195 g/mol. The van der Waals surface area contributed by atoms with Crippen LogP contribution in [0.1, 0.15) is 5.56 Å². The molecule has 0 atom stereocenters. The zero-order valence-electron chi connectivity index (χ0n) is 6.71. The molecular weight excluding hydrogens is 190 g/mol. The Hall–Kier alpha value is -1.40. The van der Waals surface area contributed by atoms with Gasteiger partial charge in [-0.1, -0.05) is 11.6 Å². The lowest BCUT2D eigenvalue weighted by atomic mass is 10.1. The summed E-state index contributed by atoms with van der Waals surface area (Å²) in [5.41, 5.74) is 0.772. The molecule has 0 amide bonds. The van der Waals surface area contributed by atoms with Crippen molar-refractivity contribution in [2.45, 2.75) is 6.42 Å². The van der Waals surface area contributed by atoms with Crippen LogP contribution in [0, 0.1) is 11.3 Å². The van der Waals surface area contributed by atoms with E-state index in [2.05, 4.69) is 0 Å². The molecule has 0 saturated carbocycles. The van der Waals surface area contributed by atoms with E-state index in [1.165, 1.54) is 0 Å². The van der Waals surface area contributed by atoms with Crippen molar-refractivity contribution >= 4 is 11.6 Å². The summed E-state index contributed by atoms with van der Waals surface area (Å²) in [6.45, 7) is 0.224. The molecule has 0 aromatic heterocycles. The molecule has 1 aromatic rings. The van der Waals surface area contributed by atoms with E-state index >= 15 is 0 Å². The van der Waals surface area contributed by atoms with Crippen LogP contribution in [-0.2, 0) is 6.42 Å². The SMILES string of the molecule is N#CCc1cc2c(cc1Cl)OCO2. The fourth-order valence-electron chi connectivity index (χ4n) is 1.18. The maximum absolute atomic E-state index is 8.51. The minimum atomic E-state index is 0.224. The maximum atomic E-state index is 8.51. The van der Waals surface area contributed by atoms with E-state index in [1.54, 1.807) is 12.1 Å². The van der Waals surface area contributed by atoms with E-state index < -0.39 is 0 Å². The minimum absolute atomic E-state index is 0.224. The van der Waals surface area contributed by atoms with Crippen LogP contribution in [0.3, 0.4) is 0 Å². The second-order valence-corrected chi connectivity index (χ2v) is 3.04. The Morgan fingerprint density at radius 1 is 1.38 bits per heavy atom. The first kappa shape index (κ1) is 8.21. The van der Waals surface area contributed by atoms with E-state index in [0.717, 1.165) is 5.56 Å². The number of nitriles is 1. The summed E-state index contributed by atoms with van der Waals surface area (Å²) < 4.78 is 10.3. The van der Waals surface area contributed by atoms with Crippen LogP contribution in [0.5, 0.6) is 11.5 Å². The largest absolute Gasteiger partial charge is 0.454 e. The van der Waals surface area contributed by atoms with Crippen molar-refractivity contribution in [3.05, 3.63) is 22.7 Å². The Balaban J connectivity index is 2.44. The second-order valence-electron chi connectivity index (χ2n) is 2.63. The molecule has 1 aliphatic rings. The van der Waals surface area contributed by atoms with E-state index in [4.69, 9.17) is 26.3 Å². The molecule has 3 nitrogen and oxygen atoms in total. The minimum Gasteiger partial charge on any atom is -0.454 e. The standard InChI is InChI=1S/C9H6ClNO2/c10-7-4-9-8(12-5-13-9)3-6(7)1-2-11/h3-4H,1,5H2. The summed E-state index contributed by atoms with van der Waals surface area (Å²) in [7, 11) is 0. The molecule has 0 spiro atoms. The number of hydrogen-bond donors (Lipinski definition) is 0. The lowest BCUT2D eigenvalue weighted by Crippen LogP contribution is -1.92. The van der Waals surface area contributed by atoms with E-state index in [1.807, 2.05) is 6.07 Å². The van der Waals surface area contributed by atoms with Crippen LogP contribution >= 0.6 is 11.6 Å². The first-order chi connectivity index (χ1) is 6.31. The number of halogens is 1. The molecule has 0 N–H and O–H groups in total. The van der Waals surface area contributed by atoms with Gasteiger partial charge in [0.15, 0.2) is 11.5 Å². The van der Waals surface area contributed by atoms with Crippen molar-refractivity contribution in [2.75, 3.05) is 6.79 Å². The number of benzene rings is 1. The van der Waals surface area contributed by atoms with Crippen molar-refractivity contribution in [3.8, 4) is 17.6 Å². The third kappa shape index (κ3) is 1.41. The predicted octanol–water partition coefficient (Wildman–Crippen LogP) is 2.13. The molecule has 0 unspecified atom stereocenters. The average Bonchev–Trinajstić information content (AvgIpc) is 2.52. The highest BCUT2D eigenvalue weighted by atomic mass is 35.5. The molecule has 0 bridgehead atoms. The molecule has 0 aliphatic carbocycles. The molecule has 66 valence electrons. The number of nitrogens with zero attached hydrogens (tertiary/aromatic N) is 1. The molecule has 0 radical (unpaired) electrons. The molecule has 0 saturated heterocycles. The predicted molar refractivity (Wildman–Crippen MR) is 46.9 cm³/mol. The number of fused-ring (bicyclic) bond motifs is 1. The van der Waals surface area contributed by atoms with Crippen LogP contribution in [-0.4, -0.2) is 6.79 Å². The van der Waals surface area contributed by atoms with Gasteiger partial charge in [-0.25, -0.2) is 0 Å². The topological polar surface area (TPSA) is 42.2 Å². The first-order valence-electron chi connectivity index (χ1n) is 3.76. The zero-order chi connectivity index (χ0) is 9.26. The van der Waals surface area contributed by atoms with Gasteiger partial charge in [0.2, 0.25) is 6.79 Å². The van der Waals surface area contributed by atoms with Gasteiger partial charge < -0.3 is 9.47 Å². The summed E-state index contributed by atoms with van der Waals surface area (Å²) in [6.07, 6.45) is 0.287. The highest BCUT2D eigenvalue weighted by Crippen LogP contribution is 2.36. The van der Waals surface area contributed by atoms with Gasteiger partial charge in [-0.3, -0.25) is 0 Å². The number of ether oxygens (including phenoxy) is 2. The summed E-state index contributed by atoms with van der Waals surface area (Å²) >= 11 is 5.90. The van der Waals surface area contributed by atoms with E-state index in [0.29, 0.717) is 16.5 Å². The Morgan fingerprint density at radius 2 is 2.08 bits per heavy atom. The van der Waals surface area contributed by atoms with Gasteiger partial charge in [-0.2, -0.15) is 5.26 Å². The fourth-order valence-corrected chi connectivity index (χ4v) is 1.40. The van der Waals surface area contributed by atoms with Crippen LogP contribution in [0.25, 0.3) is 0 Å². The van der Waals surface area contributed by atoms with Crippen molar-refractivity contribution in [1.29, 1.82) is 5.26 Å². The summed E-state index contributed by atoms with van der Waals surface area (Å²) in [5, 5.41) is 9.06. The smallest absolute Gasteiger partial charge is 0.231 e. The van der Waals surface area contributed by atoms with Crippen molar-refractivity contribution in [3.63, 3.8) is 0 Å². The Bertz CT molecular complexity index is 384. The zero-order valence-corrected chi connectivity index (χ0v) is 7.47. The van der Waals surface area contributed by atoms with E-state index in [-0.39, 0.29) is 13.2 Å². The van der Waals surface area contributed by atoms with Gasteiger partial charge in [-0.05, 0) is 11.6 Å². The third-order valence-corrected chi connectivity index (χ3v) is 2.16. The summed E-state index contributed by atoms with van der Waals surface area (Å²) in [4.78, 5) is 0. The van der Waals surface area contributed by atoms with Crippen molar-refractivity contribution in [2.24, 2.45) is 0 Å². The van der Waals surface area contributed by atoms with Gasteiger partial charge in [0, 0.05) is 11.1 Å². The van der Waals surface area contributed by atoms with Gasteiger partial charge in [0.05, 0.1) is 12.5 Å². The van der Waals surface area contributed by atoms with Crippen LogP contribution in [0.15, 0.2) is 12.1 Å². The Morgan fingerprint density at radius 3 is 2.77 bits per heavy atom. The fraction of sp³-hybridized carbons (Fsp3) is 0.222. The normalized spacial score (nSPS) is 12.6. The lowest BCUT2D eigenvalue weighted by Gasteiger charge is -2.01. The van der Waals surface area contributed by atoms with Gasteiger partial charge in [-0.15, -0.1) is 0 Å². The molecule has 1 aromatic carbocycles. The summed E-state index contributed by atoms with van der Waals surface area (Å²) in [6, 6.07) is 5.46. The van der Waals surface area contributed by atoms with Crippen LogP contribution < -0.4 is 9.47 Å². The van der Waals surface area contributed by atoms with Gasteiger partial charge in [0.1, 0.15) is 0 Å². The first-order valence-corrected chi connectivity index (χ1v) is 4.14. The quantitative estimate of drug-likeness (QED) is 0.690. The average molecular weight is 196 g/mol. The molecule has 13 heavy (non-hydrogen) atoms. The molecule has 4 heteroatoms. The molecule has 2 rings (SSSR count). The molecular formula is C9H6ClNO2. The highest BCUT2D eigenvalue weighted by molar-refractivity contribution is 6.31. The highest BCUT2D eigenvalue weighted by Gasteiger charge is 2.15. The maximum Gasteiger partial charge on any atom is 0.231 e. The molecule has 1 aliphatic heterocycles. The lowest BCUT2D eigenvalue weighted by molar-refractivity contribution is 0.174. The Labute approximate surface area is 80.4 Å². The third-order valence-electron chi connectivity index (χ3n) is 1.81. The van der Waals surface area contributed by atoms with Gasteiger partial charge >= 0.3 is 0 Å². The number of rotatable bonds is 1. The van der Waals surface area contributed by atoms with E-state index in [9.17, 15) is 0 Å². The van der Waals surface area contributed by atoms with Crippen molar-refractivity contribution < 1.29 is 9.47 Å². The second kappa shape index (κ2) is 3.15. The molecule has 1 heterocycles. The Kier molecular flexibility index (Phi) is 1.99. The molecule has 0 fully saturated rings.